The summed E-state index contributed by atoms with van der Waals surface area (Å²) in [7, 11) is 0. The third-order valence-electron chi connectivity index (χ3n) is 4.45. The lowest BCUT2D eigenvalue weighted by Gasteiger charge is -2.32. The van der Waals surface area contributed by atoms with Crippen LogP contribution in [0.2, 0.25) is 0 Å². The van der Waals surface area contributed by atoms with Gasteiger partial charge in [-0.05, 0) is 36.9 Å². The maximum absolute atomic E-state index is 12.2. The third kappa shape index (κ3) is 6.14. The first-order valence-corrected chi connectivity index (χ1v) is 9.00. The Morgan fingerprint density at radius 2 is 2.04 bits per heavy atom. The van der Waals surface area contributed by atoms with E-state index in [2.05, 4.69) is 12.2 Å². The molecule has 0 bridgehead atoms. The van der Waals surface area contributed by atoms with E-state index in [1.54, 1.807) is 4.90 Å². The number of hydrogen-bond donors (Lipinski definition) is 2. The van der Waals surface area contributed by atoms with Gasteiger partial charge >= 0.3 is 5.97 Å². The van der Waals surface area contributed by atoms with Gasteiger partial charge in [-0.15, -0.1) is 0 Å². The Bertz CT molecular complexity index is 576. The highest BCUT2D eigenvalue weighted by molar-refractivity contribution is 5.80. The highest BCUT2D eigenvalue weighted by Crippen LogP contribution is 2.17. The third-order valence-corrected chi connectivity index (χ3v) is 4.45. The Morgan fingerprint density at radius 1 is 1.28 bits per heavy atom. The van der Waals surface area contributed by atoms with Crippen LogP contribution >= 0.6 is 0 Å². The summed E-state index contributed by atoms with van der Waals surface area (Å²) in [5.41, 5.74) is 2.10. The van der Waals surface area contributed by atoms with Gasteiger partial charge in [-0.25, -0.2) is 0 Å². The Kier molecular flexibility index (Phi) is 7.88. The van der Waals surface area contributed by atoms with Crippen LogP contribution in [0.3, 0.4) is 0 Å². The maximum Gasteiger partial charge on any atom is 0.320 e. The molecule has 0 radical (unpaired) electrons. The molecule has 1 amide bonds. The van der Waals surface area contributed by atoms with Crippen molar-refractivity contribution >= 4 is 11.9 Å². The van der Waals surface area contributed by atoms with E-state index in [1.165, 1.54) is 0 Å². The molecule has 0 aliphatic carbocycles. The maximum atomic E-state index is 12.2. The second-order valence-corrected chi connectivity index (χ2v) is 6.42. The molecule has 1 unspecified atom stereocenters. The number of aliphatic carboxylic acids is 1. The second-order valence-electron chi connectivity index (χ2n) is 6.42. The number of rotatable bonds is 9. The van der Waals surface area contributed by atoms with Crippen molar-refractivity contribution in [3.63, 3.8) is 0 Å². The summed E-state index contributed by atoms with van der Waals surface area (Å²) in [6.07, 6.45) is 3.43. The zero-order chi connectivity index (χ0) is 18.1. The molecule has 6 nitrogen and oxygen atoms in total. The minimum atomic E-state index is -0.842. The monoisotopic (exact) mass is 348 g/mol. The predicted octanol–water partition coefficient (Wildman–Crippen LogP) is 2.17. The van der Waals surface area contributed by atoms with Crippen molar-refractivity contribution in [3.8, 4) is 0 Å². The number of carbonyl (C=O) groups is 2. The summed E-state index contributed by atoms with van der Waals surface area (Å²) < 4.78 is 5.59. The standard InChI is InChI=1S/C19H28N2O4/c1-2-11-25-14-16-8-4-3-7-15(16)12-20-18(22)13-21-10-6-5-9-17(21)19(23)24/h3-4,7-8,17H,2,5-6,9-14H2,1H3,(H,20,22)(H,23,24). The topological polar surface area (TPSA) is 78.9 Å². The molecule has 25 heavy (non-hydrogen) atoms. The molecule has 0 aromatic heterocycles. The molecular weight excluding hydrogens is 320 g/mol. The fourth-order valence-electron chi connectivity index (χ4n) is 3.09. The van der Waals surface area contributed by atoms with Gasteiger partial charge in [-0.2, -0.15) is 0 Å². The van der Waals surface area contributed by atoms with Crippen molar-refractivity contribution in [3.05, 3.63) is 35.4 Å². The first-order valence-electron chi connectivity index (χ1n) is 9.00. The Labute approximate surface area is 149 Å². The normalized spacial score (nSPS) is 18.0. The minimum Gasteiger partial charge on any atom is -0.480 e. The van der Waals surface area contributed by atoms with Gasteiger partial charge < -0.3 is 15.2 Å². The number of amides is 1. The van der Waals surface area contributed by atoms with E-state index in [4.69, 9.17) is 4.74 Å². The largest absolute Gasteiger partial charge is 0.480 e. The Morgan fingerprint density at radius 3 is 2.76 bits per heavy atom. The van der Waals surface area contributed by atoms with Crippen LogP contribution in [0.15, 0.2) is 24.3 Å². The number of likely N-dealkylation sites (tertiary alicyclic amines) is 1. The van der Waals surface area contributed by atoms with Crippen molar-refractivity contribution < 1.29 is 19.4 Å². The highest BCUT2D eigenvalue weighted by atomic mass is 16.5. The van der Waals surface area contributed by atoms with E-state index in [9.17, 15) is 14.7 Å². The van der Waals surface area contributed by atoms with E-state index in [0.717, 1.165) is 30.4 Å². The van der Waals surface area contributed by atoms with Crippen LogP contribution in [-0.2, 0) is 27.5 Å². The summed E-state index contributed by atoms with van der Waals surface area (Å²) in [4.78, 5) is 25.3. The second kappa shape index (κ2) is 10.2. The van der Waals surface area contributed by atoms with E-state index < -0.39 is 12.0 Å². The number of piperidine rings is 1. The van der Waals surface area contributed by atoms with Crippen LogP contribution in [-0.4, -0.2) is 47.6 Å². The number of nitrogens with one attached hydrogen (secondary N) is 1. The van der Waals surface area contributed by atoms with Gasteiger partial charge in [0, 0.05) is 13.2 Å². The molecule has 1 aliphatic heterocycles. The van der Waals surface area contributed by atoms with Gasteiger partial charge in [0.15, 0.2) is 0 Å². The molecule has 1 fully saturated rings. The van der Waals surface area contributed by atoms with Crippen LogP contribution in [0.5, 0.6) is 0 Å². The molecule has 1 heterocycles. The smallest absolute Gasteiger partial charge is 0.320 e. The lowest BCUT2D eigenvalue weighted by molar-refractivity contribution is -0.145. The molecular formula is C19H28N2O4. The van der Waals surface area contributed by atoms with E-state index in [-0.39, 0.29) is 12.5 Å². The lowest BCUT2D eigenvalue weighted by atomic mass is 10.0. The molecule has 0 saturated carbocycles. The van der Waals surface area contributed by atoms with Crippen molar-refractivity contribution in [1.82, 2.24) is 10.2 Å². The Hall–Kier alpha value is -1.92. The van der Waals surface area contributed by atoms with Gasteiger partial charge in [-0.1, -0.05) is 37.6 Å². The molecule has 1 saturated heterocycles. The molecule has 1 aromatic rings. The lowest BCUT2D eigenvalue weighted by Crippen LogP contribution is -2.48. The van der Waals surface area contributed by atoms with Gasteiger partial charge in [0.05, 0.1) is 13.2 Å². The van der Waals surface area contributed by atoms with Crippen LogP contribution in [0.1, 0.15) is 43.7 Å². The average Bonchev–Trinajstić information content (AvgIpc) is 2.61. The first kappa shape index (κ1) is 19.4. The molecule has 1 aliphatic rings. The summed E-state index contributed by atoms with van der Waals surface area (Å²) in [6, 6.07) is 7.33. The zero-order valence-corrected chi connectivity index (χ0v) is 14.9. The van der Waals surface area contributed by atoms with Crippen molar-refractivity contribution in [2.75, 3.05) is 19.7 Å². The molecule has 2 rings (SSSR count). The molecule has 1 atom stereocenters. The van der Waals surface area contributed by atoms with Gasteiger partial charge in [0.1, 0.15) is 6.04 Å². The molecule has 2 N–H and O–H groups in total. The predicted molar refractivity (Wildman–Crippen MR) is 95.1 cm³/mol. The van der Waals surface area contributed by atoms with Gasteiger partial charge in [0.25, 0.3) is 0 Å². The average molecular weight is 348 g/mol. The number of nitrogens with zero attached hydrogens (tertiary/aromatic N) is 1. The number of benzene rings is 1. The first-order chi connectivity index (χ1) is 12.1. The van der Waals surface area contributed by atoms with E-state index in [0.29, 0.717) is 32.7 Å². The summed E-state index contributed by atoms with van der Waals surface area (Å²) >= 11 is 0. The molecule has 6 heteroatoms. The van der Waals surface area contributed by atoms with Gasteiger partial charge in [0.2, 0.25) is 5.91 Å². The fourth-order valence-corrected chi connectivity index (χ4v) is 3.09. The zero-order valence-electron chi connectivity index (χ0n) is 14.9. The summed E-state index contributed by atoms with van der Waals surface area (Å²) in [5.74, 6) is -0.983. The van der Waals surface area contributed by atoms with Crippen molar-refractivity contribution in [2.24, 2.45) is 0 Å². The Balaban J connectivity index is 1.86. The van der Waals surface area contributed by atoms with Crippen LogP contribution in [0, 0.1) is 0 Å². The number of carboxylic acids is 1. The van der Waals surface area contributed by atoms with Crippen LogP contribution in [0.25, 0.3) is 0 Å². The van der Waals surface area contributed by atoms with Crippen LogP contribution < -0.4 is 5.32 Å². The van der Waals surface area contributed by atoms with E-state index in [1.807, 2.05) is 24.3 Å². The van der Waals surface area contributed by atoms with Gasteiger partial charge in [-0.3, -0.25) is 14.5 Å². The SMILES string of the molecule is CCCOCc1ccccc1CNC(=O)CN1CCCCC1C(=O)O. The quantitative estimate of drug-likeness (QED) is 0.669. The molecule has 1 aromatic carbocycles. The number of ether oxygens (including phenoxy) is 1. The summed E-state index contributed by atoms with van der Waals surface area (Å²) in [5, 5.41) is 12.2. The summed E-state index contributed by atoms with van der Waals surface area (Å²) in [6.45, 7) is 4.53. The fraction of sp³-hybridized carbons (Fsp3) is 0.579. The number of hydrogen-bond acceptors (Lipinski definition) is 4. The molecule has 0 spiro atoms. The minimum absolute atomic E-state index is 0.130. The highest BCUT2D eigenvalue weighted by Gasteiger charge is 2.29. The number of carboxylic acid groups (broad SMARTS) is 1. The van der Waals surface area contributed by atoms with Crippen LogP contribution in [0.4, 0.5) is 0 Å². The number of carbonyl (C=O) groups excluding carboxylic acids is 1. The van der Waals surface area contributed by atoms with Crippen molar-refractivity contribution in [2.45, 2.75) is 51.8 Å². The van der Waals surface area contributed by atoms with E-state index >= 15 is 0 Å². The molecule has 138 valence electrons. The van der Waals surface area contributed by atoms with Crippen molar-refractivity contribution in [1.29, 1.82) is 0 Å².